The quantitative estimate of drug-likeness (QED) is 0.498. The van der Waals surface area contributed by atoms with Gasteiger partial charge >= 0.3 is 0 Å². The lowest BCUT2D eigenvalue weighted by atomic mass is 10.2. The Bertz CT molecular complexity index is 772. The number of nitrogens with zero attached hydrogens (tertiary/aromatic N) is 2. The number of carbonyl (C=O) groups is 1. The van der Waals surface area contributed by atoms with E-state index in [4.69, 9.17) is 9.47 Å². The van der Waals surface area contributed by atoms with Gasteiger partial charge in [0.05, 0.1) is 25.4 Å². The fourth-order valence-electron chi connectivity index (χ4n) is 1.90. The van der Waals surface area contributed by atoms with E-state index in [1.54, 1.807) is 25.3 Å². The molecule has 124 valence electrons. The summed E-state index contributed by atoms with van der Waals surface area (Å²) in [5, 5.41) is 14.4. The van der Waals surface area contributed by atoms with Crippen LogP contribution in [0, 0.1) is 10.1 Å². The van der Waals surface area contributed by atoms with Crippen molar-refractivity contribution in [3.63, 3.8) is 0 Å². The molecule has 2 aromatic rings. The Hall–Kier alpha value is -3.42. The topological polar surface area (TPSA) is 103 Å². The number of hydrogen-bond acceptors (Lipinski definition) is 6. The largest absolute Gasteiger partial charge is 0.497 e. The SMILES string of the molecule is COc1ccc(OC)c(/C=N/NC(=O)c2ccc([N+](=O)[O-])cc2)c1. The van der Waals surface area contributed by atoms with Gasteiger partial charge < -0.3 is 9.47 Å². The van der Waals surface area contributed by atoms with Gasteiger partial charge in [-0.2, -0.15) is 5.10 Å². The van der Waals surface area contributed by atoms with E-state index in [1.165, 1.54) is 37.6 Å². The van der Waals surface area contributed by atoms with Crippen LogP contribution < -0.4 is 14.9 Å². The van der Waals surface area contributed by atoms with Crippen molar-refractivity contribution in [2.24, 2.45) is 5.10 Å². The van der Waals surface area contributed by atoms with Crippen LogP contribution in [0.2, 0.25) is 0 Å². The van der Waals surface area contributed by atoms with E-state index >= 15 is 0 Å². The van der Waals surface area contributed by atoms with Crippen LogP contribution in [-0.4, -0.2) is 31.3 Å². The number of rotatable bonds is 6. The molecule has 0 spiro atoms. The Morgan fingerprint density at radius 2 is 1.88 bits per heavy atom. The predicted octanol–water partition coefficient (Wildman–Crippen LogP) is 2.38. The van der Waals surface area contributed by atoms with E-state index in [1.807, 2.05) is 0 Å². The molecule has 0 saturated carbocycles. The summed E-state index contributed by atoms with van der Waals surface area (Å²) in [7, 11) is 3.06. The van der Waals surface area contributed by atoms with Crippen molar-refractivity contribution < 1.29 is 19.2 Å². The predicted molar refractivity (Wildman–Crippen MR) is 87.7 cm³/mol. The second-order valence-corrected chi connectivity index (χ2v) is 4.61. The van der Waals surface area contributed by atoms with E-state index < -0.39 is 10.8 Å². The van der Waals surface area contributed by atoms with Crippen molar-refractivity contribution in [3.8, 4) is 11.5 Å². The van der Waals surface area contributed by atoms with E-state index in [0.29, 0.717) is 17.1 Å². The molecule has 2 rings (SSSR count). The number of methoxy groups -OCH3 is 2. The summed E-state index contributed by atoms with van der Waals surface area (Å²) in [6.07, 6.45) is 1.42. The fraction of sp³-hybridized carbons (Fsp3) is 0.125. The number of carbonyl (C=O) groups excluding carboxylic acids is 1. The molecule has 0 radical (unpaired) electrons. The van der Waals surface area contributed by atoms with E-state index in [2.05, 4.69) is 10.5 Å². The van der Waals surface area contributed by atoms with E-state index in [9.17, 15) is 14.9 Å². The molecule has 0 aliphatic heterocycles. The standard InChI is InChI=1S/C16H15N3O5/c1-23-14-7-8-15(24-2)12(9-14)10-17-18-16(20)11-3-5-13(6-4-11)19(21)22/h3-10H,1-2H3,(H,18,20)/b17-10+. The van der Waals surface area contributed by atoms with Gasteiger partial charge in [-0.1, -0.05) is 0 Å². The van der Waals surface area contributed by atoms with Gasteiger partial charge in [0.1, 0.15) is 11.5 Å². The first-order valence-corrected chi connectivity index (χ1v) is 6.85. The second kappa shape index (κ2) is 7.73. The molecular formula is C16H15N3O5. The van der Waals surface area contributed by atoms with Gasteiger partial charge in [0.25, 0.3) is 11.6 Å². The van der Waals surface area contributed by atoms with Crippen LogP contribution in [-0.2, 0) is 0 Å². The molecule has 24 heavy (non-hydrogen) atoms. The van der Waals surface area contributed by atoms with Crippen molar-refractivity contribution in [1.82, 2.24) is 5.43 Å². The smallest absolute Gasteiger partial charge is 0.271 e. The minimum absolute atomic E-state index is 0.0869. The maximum absolute atomic E-state index is 11.9. The second-order valence-electron chi connectivity index (χ2n) is 4.61. The van der Waals surface area contributed by atoms with Crippen LogP contribution in [0.1, 0.15) is 15.9 Å². The first kappa shape index (κ1) is 16.9. The first-order chi connectivity index (χ1) is 11.5. The summed E-state index contributed by atoms with van der Waals surface area (Å²) >= 11 is 0. The van der Waals surface area contributed by atoms with E-state index in [0.717, 1.165) is 0 Å². The third-order valence-electron chi connectivity index (χ3n) is 3.15. The molecule has 1 N–H and O–H groups in total. The number of benzene rings is 2. The zero-order chi connectivity index (χ0) is 17.5. The average molecular weight is 329 g/mol. The number of nitro groups is 1. The molecule has 0 fully saturated rings. The van der Waals surface area contributed by atoms with Gasteiger partial charge in [0.2, 0.25) is 0 Å². The molecule has 8 nitrogen and oxygen atoms in total. The Labute approximate surface area is 137 Å². The highest BCUT2D eigenvalue weighted by molar-refractivity contribution is 5.95. The lowest BCUT2D eigenvalue weighted by Crippen LogP contribution is -2.17. The summed E-state index contributed by atoms with van der Waals surface area (Å²) in [4.78, 5) is 22.0. The maximum atomic E-state index is 11.9. The Balaban J connectivity index is 2.08. The molecule has 0 aliphatic rings. The minimum atomic E-state index is -0.533. The van der Waals surface area contributed by atoms with Gasteiger partial charge in [-0.25, -0.2) is 5.43 Å². The highest BCUT2D eigenvalue weighted by Gasteiger charge is 2.09. The number of hydrazone groups is 1. The highest BCUT2D eigenvalue weighted by Crippen LogP contribution is 2.22. The third kappa shape index (κ3) is 4.07. The minimum Gasteiger partial charge on any atom is -0.497 e. The highest BCUT2D eigenvalue weighted by atomic mass is 16.6. The normalized spacial score (nSPS) is 10.4. The van der Waals surface area contributed by atoms with Gasteiger partial charge in [0.15, 0.2) is 0 Å². The van der Waals surface area contributed by atoms with Gasteiger partial charge in [0, 0.05) is 23.3 Å². The number of nitro benzene ring substituents is 1. The van der Waals surface area contributed by atoms with Crippen molar-refractivity contribution in [3.05, 3.63) is 63.7 Å². The van der Waals surface area contributed by atoms with Gasteiger partial charge in [-0.3, -0.25) is 14.9 Å². The van der Waals surface area contributed by atoms with Crippen molar-refractivity contribution >= 4 is 17.8 Å². The van der Waals surface area contributed by atoms with E-state index in [-0.39, 0.29) is 11.3 Å². The first-order valence-electron chi connectivity index (χ1n) is 6.85. The molecule has 0 saturated heterocycles. The number of hydrogen-bond donors (Lipinski definition) is 1. The molecule has 1 amide bonds. The molecule has 0 aromatic heterocycles. The zero-order valence-corrected chi connectivity index (χ0v) is 13.1. The number of nitrogens with one attached hydrogen (secondary N) is 1. The van der Waals surface area contributed by atoms with Gasteiger partial charge in [-0.05, 0) is 30.3 Å². The molecule has 0 bridgehead atoms. The van der Waals surface area contributed by atoms with Crippen LogP contribution in [0.25, 0.3) is 0 Å². The van der Waals surface area contributed by atoms with Gasteiger partial charge in [-0.15, -0.1) is 0 Å². The zero-order valence-electron chi connectivity index (χ0n) is 13.1. The van der Waals surface area contributed by atoms with Crippen molar-refractivity contribution in [1.29, 1.82) is 0 Å². The van der Waals surface area contributed by atoms with Crippen LogP contribution >= 0.6 is 0 Å². The fourth-order valence-corrected chi connectivity index (χ4v) is 1.90. The summed E-state index contributed by atoms with van der Waals surface area (Å²) in [6.45, 7) is 0. The monoisotopic (exact) mass is 329 g/mol. The average Bonchev–Trinajstić information content (AvgIpc) is 2.61. The molecule has 0 atom stereocenters. The molecular weight excluding hydrogens is 314 g/mol. The third-order valence-corrected chi connectivity index (χ3v) is 3.15. The van der Waals surface area contributed by atoms with Crippen LogP contribution in [0.5, 0.6) is 11.5 Å². The Kier molecular flexibility index (Phi) is 5.45. The Morgan fingerprint density at radius 1 is 1.17 bits per heavy atom. The molecule has 2 aromatic carbocycles. The molecule has 0 heterocycles. The summed E-state index contributed by atoms with van der Waals surface area (Å²) < 4.78 is 10.3. The van der Waals surface area contributed by atoms with Crippen LogP contribution in [0.15, 0.2) is 47.6 Å². The summed E-state index contributed by atoms with van der Waals surface area (Å²) in [5.74, 6) is 0.714. The van der Waals surface area contributed by atoms with Crippen LogP contribution in [0.3, 0.4) is 0 Å². The van der Waals surface area contributed by atoms with Crippen molar-refractivity contribution in [2.45, 2.75) is 0 Å². The molecule has 0 aliphatic carbocycles. The van der Waals surface area contributed by atoms with Crippen molar-refractivity contribution in [2.75, 3.05) is 14.2 Å². The maximum Gasteiger partial charge on any atom is 0.271 e. The lowest BCUT2D eigenvalue weighted by Gasteiger charge is -2.06. The van der Waals surface area contributed by atoms with Crippen LogP contribution in [0.4, 0.5) is 5.69 Å². The number of ether oxygens (including phenoxy) is 2. The molecule has 0 unspecified atom stereocenters. The molecule has 8 heteroatoms. The Morgan fingerprint density at radius 3 is 2.46 bits per heavy atom. The summed E-state index contributed by atoms with van der Waals surface area (Å²) in [5.41, 5.74) is 3.15. The number of amides is 1. The number of non-ortho nitro benzene ring substituents is 1. The summed E-state index contributed by atoms with van der Waals surface area (Å²) in [6, 6.07) is 10.4. The lowest BCUT2D eigenvalue weighted by molar-refractivity contribution is -0.384.